The number of hydrogen-bond acceptors (Lipinski definition) is 4. The SMILES string of the molecule is OCCN(CC(O)COc1ccc(F)cc1)C1CCCCC1. The highest BCUT2D eigenvalue weighted by Gasteiger charge is 2.23. The third-order valence-corrected chi connectivity index (χ3v) is 4.18. The molecule has 4 nitrogen and oxygen atoms in total. The van der Waals surface area contributed by atoms with E-state index in [0.717, 1.165) is 12.8 Å². The van der Waals surface area contributed by atoms with Gasteiger partial charge in [-0.1, -0.05) is 19.3 Å². The predicted octanol–water partition coefficient (Wildman–Crippen LogP) is 2.19. The van der Waals surface area contributed by atoms with Crippen molar-refractivity contribution in [1.82, 2.24) is 4.90 Å². The lowest BCUT2D eigenvalue weighted by atomic mass is 9.94. The van der Waals surface area contributed by atoms with Crippen LogP contribution in [0.25, 0.3) is 0 Å². The summed E-state index contributed by atoms with van der Waals surface area (Å²) in [5, 5.41) is 19.4. The fourth-order valence-electron chi connectivity index (χ4n) is 3.04. The number of nitrogens with zero attached hydrogens (tertiary/aromatic N) is 1. The van der Waals surface area contributed by atoms with Crippen molar-refractivity contribution in [1.29, 1.82) is 0 Å². The fraction of sp³-hybridized carbons (Fsp3) is 0.647. The average Bonchev–Trinajstić information content (AvgIpc) is 2.55. The van der Waals surface area contributed by atoms with Gasteiger partial charge in [-0.15, -0.1) is 0 Å². The molecule has 0 saturated heterocycles. The van der Waals surface area contributed by atoms with Crippen LogP contribution in [0.1, 0.15) is 32.1 Å². The van der Waals surface area contributed by atoms with E-state index in [0.29, 0.717) is 24.9 Å². The number of ether oxygens (including phenoxy) is 1. The van der Waals surface area contributed by atoms with E-state index in [2.05, 4.69) is 4.90 Å². The van der Waals surface area contributed by atoms with Crippen LogP contribution in [0, 0.1) is 5.82 Å². The maximum absolute atomic E-state index is 12.8. The molecule has 1 aliphatic carbocycles. The zero-order chi connectivity index (χ0) is 15.8. The van der Waals surface area contributed by atoms with E-state index < -0.39 is 6.10 Å². The smallest absolute Gasteiger partial charge is 0.123 e. The monoisotopic (exact) mass is 311 g/mol. The Bertz CT molecular complexity index is 420. The molecule has 0 heterocycles. The minimum Gasteiger partial charge on any atom is -0.491 e. The van der Waals surface area contributed by atoms with E-state index in [1.807, 2.05) is 0 Å². The molecule has 1 aromatic rings. The van der Waals surface area contributed by atoms with Crippen molar-refractivity contribution in [3.63, 3.8) is 0 Å². The van der Waals surface area contributed by atoms with Gasteiger partial charge >= 0.3 is 0 Å². The lowest BCUT2D eigenvalue weighted by Gasteiger charge is -2.35. The fourth-order valence-corrected chi connectivity index (χ4v) is 3.04. The van der Waals surface area contributed by atoms with Gasteiger partial charge in [-0.05, 0) is 37.1 Å². The molecule has 0 aliphatic heterocycles. The zero-order valence-electron chi connectivity index (χ0n) is 13.0. The highest BCUT2D eigenvalue weighted by Crippen LogP contribution is 2.22. The Labute approximate surface area is 131 Å². The van der Waals surface area contributed by atoms with Crippen LogP contribution in [0.4, 0.5) is 4.39 Å². The van der Waals surface area contributed by atoms with Gasteiger partial charge in [0.2, 0.25) is 0 Å². The number of aliphatic hydroxyl groups is 2. The Morgan fingerprint density at radius 1 is 1.18 bits per heavy atom. The van der Waals surface area contributed by atoms with Crippen LogP contribution in [0.3, 0.4) is 0 Å². The van der Waals surface area contributed by atoms with E-state index in [1.165, 1.54) is 31.4 Å². The maximum atomic E-state index is 12.8. The third kappa shape index (κ3) is 5.55. The zero-order valence-corrected chi connectivity index (χ0v) is 13.0. The van der Waals surface area contributed by atoms with E-state index in [1.54, 1.807) is 12.1 Å². The second kappa shape index (κ2) is 9.08. The van der Waals surface area contributed by atoms with Crippen LogP contribution in [-0.2, 0) is 0 Å². The lowest BCUT2D eigenvalue weighted by molar-refractivity contribution is 0.0358. The lowest BCUT2D eigenvalue weighted by Crippen LogP contribution is -2.44. The summed E-state index contributed by atoms with van der Waals surface area (Å²) in [6.07, 6.45) is 5.35. The molecular weight excluding hydrogens is 285 g/mol. The van der Waals surface area contributed by atoms with Crippen LogP contribution in [-0.4, -0.2) is 53.6 Å². The summed E-state index contributed by atoms with van der Waals surface area (Å²) < 4.78 is 18.3. The standard InChI is InChI=1S/C17H26FNO3/c18-14-6-8-17(9-7-14)22-13-16(21)12-19(10-11-20)15-4-2-1-3-5-15/h6-9,15-16,20-21H,1-5,10-13H2. The topological polar surface area (TPSA) is 52.9 Å². The minimum absolute atomic E-state index is 0.0992. The van der Waals surface area contributed by atoms with E-state index in [-0.39, 0.29) is 19.0 Å². The van der Waals surface area contributed by atoms with Crippen molar-refractivity contribution in [2.75, 3.05) is 26.3 Å². The summed E-state index contributed by atoms with van der Waals surface area (Å²) in [4.78, 5) is 2.16. The van der Waals surface area contributed by atoms with Crippen molar-refractivity contribution in [2.45, 2.75) is 44.2 Å². The molecule has 1 unspecified atom stereocenters. The first kappa shape index (κ1) is 17.2. The summed E-state index contributed by atoms with van der Waals surface area (Å²) in [5.74, 6) is 0.242. The highest BCUT2D eigenvalue weighted by molar-refractivity contribution is 5.22. The van der Waals surface area contributed by atoms with Gasteiger partial charge in [0.05, 0.1) is 6.61 Å². The summed E-state index contributed by atoms with van der Waals surface area (Å²) in [7, 11) is 0. The van der Waals surface area contributed by atoms with Crippen LogP contribution in [0.15, 0.2) is 24.3 Å². The van der Waals surface area contributed by atoms with E-state index in [9.17, 15) is 14.6 Å². The van der Waals surface area contributed by atoms with Gasteiger partial charge in [-0.25, -0.2) is 4.39 Å². The molecule has 0 radical (unpaired) electrons. The van der Waals surface area contributed by atoms with Crippen LogP contribution in [0.5, 0.6) is 5.75 Å². The molecule has 1 saturated carbocycles. The molecule has 0 spiro atoms. The van der Waals surface area contributed by atoms with Gasteiger partial charge in [0.1, 0.15) is 24.3 Å². The van der Waals surface area contributed by atoms with Gasteiger partial charge in [-0.2, -0.15) is 0 Å². The van der Waals surface area contributed by atoms with Crippen molar-refractivity contribution < 1.29 is 19.3 Å². The van der Waals surface area contributed by atoms with Gasteiger partial charge in [0, 0.05) is 19.1 Å². The van der Waals surface area contributed by atoms with Gasteiger partial charge in [0.25, 0.3) is 0 Å². The second-order valence-electron chi connectivity index (χ2n) is 5.93. The molecule has 1 aliphatic rings. The molecule has 0 aromatic heterocycles. The number of aliphatic hydroxyl groups excluding tert-OH is 2. The normalized spacial score (nSPS) is 17.6. The molecule has 0 amide bonds. The molecular formula is C17H26FNO3. The quantitative estimate of drug-likeness (QED) is 0.773. The summed E-state index contributed by atoms with van der Waals surface area (Å²) >= 11 is 0. The summed E-state index contributed by atoms with van der Waals surface area (Å²) in [6.45, 7) is 1.34. The molecule has 2 rings (SSSR count). The van der Waals surface area contributed by atoms with E-state index >= 15 is 0 Å². The Kier molecular flexibility index (Phi) is 7.09. The molecule has 2 N–H and O–H groups in total. The van der Waals surface area contributed by atoms with Gasteiger partial charge < -0.3 is 14.9 Å². The minimum atomic E-state index is -0.626. The Hall–Kier alpha value is -1.17. The molecule has 0 bridgehead atoms. The predicted molar refractivity (Wildman–Crippen MR) is 83.4 cm³/mol. The van der Waals surface area contributed by atoms with Gasteiger partial charge in [-0.3, -0.25) is 4.90 Å². The Morgan fingerprint density at radius 2 is 1.86 bits per heavy atom. The summed E-state index contributed by atoms with van der Waals surface area (Å²) in [5.41, 5.74) is 0. The number of hydrogen-bond donors (Lipinski definition) is 2. The second-order valence-corrected chi connectivity index (χ2v) is 5.93. The first-order chi connectivity index (χ1) is 10.7. The molecule has 22 heavy (non-hydrogen) atoms. The first-order valence-electron chi connectivity index (χ1n) is 8.10. The maximum Gasteiger partial charge on any atom is 0.123 e. The molecule has 1 atom stereocenters. The average molecular weight is 311 g/mol. The van der Waals surface area contributed by atoms with Crippen LogP contribution >= 0.6 is 0 Å². The van der Waals surface area contributed by atoms with Crippen LogP contribution in [0.2, 0.25) is 0 Å². The number of benzene rings is 1. The van der Waals surface area contributed by atoms with Crippen LogP contribution < -0.4 is 4.74 Å². The Balaban J connectivity index is 1.79. The number of rotatable bonds is 8. The van der Waals surface area contributed by atoms with Crippen molar-refractivity contribution in [3.8, 4) is 5.75 Å². The molecule has 1 fully saturated rings. The first-order valence-corrected chi connectivity index (χ1v) is 8.10. The van der Waals surface area contributed by atoms with Crippen molar-refractivity contribution >= 4 is 0 Å². The molecule has 1 aromatic carbocycles. The largest absolute Gasteiger partial charge is 0.491 e. The van der Waals surface area contributed by atoms with Crippen molar-refractivity contribution in [2.24, 2.45) is 0 Å². The van der Waals surface area contributed by atoms with E-state index in [4.69, 9.17) is 4.74 Å². The number of halogens is 1. The summed E-state index contributed by atoms with van der Waals surface area (Å²) in [6, 6.07) is 6.22. The van der Waals surface area contributed by atoms with Crippen molar-refractivity contribution in [3.05, 3.63) is 30.1 Å². The molecule has 124 valence electrons. The Morgan fingerprint density at radius 3 is 2.50 bits per heavy atom. The van der Waals surface area contributed by atoms with Gasteiger partial charge in [0.15, 0.2) is 0 Å². The third-order valence-electron chi connectivity index (χ3n) is 4.18. The molecule has 5 heteroatoms. The highest BCUT2D eigenvalue weighted by atomic mass is 19.1.